The summed E-state index contributed by atoms with van der Waals surface area (Å²) >= 11 is 0. The van der Waals surface area contributed by atoms with Crippen LogP contribution in [0.1, 0.15) is 12.8 Å². The second-order valence-corrected chi connectivity index (χ2v) is 3.19. The zero-order valence-electron chi connectivity index (χ0n) is 6.71. The van der Waals surface area contributed by atoms with E-state index >= 15 is 0 Å². The van der Waals surface area contributed by atoms with Gasteiger partial charge in [-0.25, -0.2) is 0 Å². The van der Waals surface area contributed by atoms with E-state index in [2.05, 4.69) is 16.4 Å². The van der Waals surface area contributed by atoms with Crippen LogP contribution in [0.15, 0.2) is 5.10 Å². The molecule has 0 aromatic heterocycles. The maximum atomic E-state index is 11.2. The molecule has 0 aliphatic heterocycles. The molecule has 2 fully saturated rings. The van der Waals surface area contributed by atoms with Crippen molar-refractivity contribution in [2.45, 2.75) is 12.8 Å². The monoisotopic (exact) mass is 162 g/mol. The molecular weight excluding hydrogens is 152 g/mol. The van der Waals surface area contributed by atoms with Crippen LogP contribution in [-0.4, -0.2) is 18.0 Å². The van der Waals surface area contributed by atoms with Gasteiger partial charge >= 0.3 is 0 Å². The van der Waals surface area contributed by atoms with Crippen LogP contribution in [0.3, 0.4) is 0 Å². The molecule has 0 saturated heterocycles. The van der Waals surface area contributed by atoms with Crippen molar-refractivity contribution in [2.75, 3.05) is 6.54 Å². The third kappa shape index (κ3) is 0.845. The average molecular weight is 162 g/mol. The molecule has 12 heavy (non-hydrogen) atoms. The standard InChI is InChI=1S/C9H10N2O/c1-2-5-10-11-8-6-3-4-7(6)9(8)12/h1,6-7,10H,3-5H2/b11-8+. The zero-order chi connectivity index (χ0) is 8.55. The quantitative estimate of drug-likeness (QED) is 0.357. The largest absolute Gasteiger partial charge is 0.298 e. The topological polar surface area (TPSA) is 41.5 Å². The smallest absolute Gasteiger partial charge is 0.182 e. The fraction of sp³-hybridized carbons (Fsp3) is 0.556. The van der Waals surface area contributed by atoms with Gasteiger partial charge in [-0.1, -0.05) is 5.92 Å². The fourth-order valence-electron chi connectivity index (χ4n) is 1.73. The summed E-state index contributed by atoms with van der Waals surface area (Å²) in [5.74, 6) is 3.37. The third-order valence-corrected chi connectivity index (χ3v) is 2.60. The minimum Gasteiger partial charge on any atom is -0.298 e. The summed E-state index contributed by atoms with van der Waals surface area (Å²) in [5, 5.41) is 3.96. The number of nitrogens with one attached hydrogen (secondary N) is 1. The first kappa shape index (κ1) is 7.35. The Kier molecular flexibility index (Phi) is 1.61. The first-order valence-electron chi connectivity index (χ1n) is 4.12. The predicted octanol–water partition coefficient (Wildman–Crippen LogP) is 0.174. The number of Topliss-reactive ketones (excluding diaryl/α,β-unsaturated/α-hetero) is 1. The Balaban J connectivity index is 1.93. The number of ketones is 1. The molecule has 1 N–H and O–H groups in total. The minimum absolute atomic E-state index is 0.218. The molecule has 2 aliphatic rings. The number of carbonyl (C=O) groups is 1. The Morgan fingerprint density at radius 3 is 2.83 bits per heavy atom. The Bertz CT molecular complexity index is 287. The molecule has 2 rings (SSSR count). The van der Waals surface area contributed by atoms with Gasteiger partial charge in [0.05, 0.1) is 6.54 Å². The van der Waals surface area contributed by atoms with Crippen molar-refractivity contribution >= 4 is 11.5 Å². The zero-order valence-corrected chi connectivity index (χ0v) is 6.71. The van der Waals surface area contributed by atoms with Crippen LogP contribution in [0, 0.1) is 24.2 Å². The summed E-state index contributed by atoms with van der Waals surface area (Å²) in [6.07, 6.45) is 7.19. The average Bonchev–Trinajstić information content (AvgIpc) is 2.01. The lowest BCUT2D eigenvalue weighted by atomic mass is 9.57. The molecule has 2 unspecified atom stereocenters. The number of hydrazone groups is 1. The first-order valence-corrected chi connectivity index (χ1v) is 4.12. The number of fused-ring (bicyclic) bond motifs is 1. The second kappa shape index (κ2) is 2.63. The molecule has 0 bridgehead atoms. The van der Waals surface area contributed by atoms with Crippen molar-refractivity contribution in [3.8, 4) is 12.3 Å². The lowest BCUT2D eigenvalue weighted by Gasteiger charge is -2.44. The summed E-state index contributed by atoms with van der Waals surface area (Å²) < 4.78 is 0. The van der Waals surface area contributed by atoms with Crippen LogP contribution in [0.25, 0.3) is 0 Å². The van der Waals surface area contributed by atoms with Gasteiger partial charge in [0.15, 0.2) is 5.78 Å². The van der Waals surface area contributed by atoms with Crippen LogP contribution >= 0.6 is 0 Å². The number of carbonyl (C=O) groups excluding carboxylic acids is 1. The van der Waals surface area contributed by atoms with E-state index in [1.807, 2.05) is 0 Å². The molecule has 2 saturated carbocycles. The Morgan fingerprint density at radius 1 is 1.58 bits per heavy atom. The highest BCUT2D eigenvalue weighted by Crippen LogP contribution is 2.45. The fourth-order valence-corrected chi connectivity index (χ4v) is 1.73. The number of hydrogen-bond donors (Lipinski definition) is 1. The van der Waals surface area contributed by atoms with Gasteiger partial charge in [-0.3, -0.25) is 10.2 Å². The van der Waals surface area contributed by atoms with Crippen molar-refractivity contribution in [1.82, 2.24) is 5.43 Å². The molecule has 0 heterocycles. The van der Waals surface area contributed by atoms with Crippen molar-refractivity contribution < 1.29 is 4.79 Å². The van der Waals surface area contributed by atoms with Gasteiger partial charge in [-0.15, -0.1) is 6.42 Å². The van der Waals surface area contributed by atoms with Crippen LogP contribution < -0.4 is 5.43 Å². The Labute approximate surface area is 71.2 Å². The number of rotatable bonds is 2. The van der Waals surface area contributed by atoms with Crippen LogP contribution in [0.5, 0.6) is 0 Å². The molecule has 2 aliphatic carbocycles. The summed E-state index contributed by atoms with van der Waals surface area (Å²) in [6, 6.07) is 0. The molecule has 3 heteroatoms. The van der Waals surface area contributed by atoms with E-state index in [1.165, 1.54) is 0 Å². The molecule has 0 amide bonds. The van der Waals surface area contributed by atoms with Gasteiger partial charge in [0.1, 0.15) is 5.71 Å². The molecule has 0 spiro atoms. The van der Waals surface area contributed by atoms with Crippen molar-refractivity contribution in [2.24, 2.45) is 16.9 Å². The van der Waals surface area contributed by atoms with Gasteiger partial charge in [0, 0.05) is 11.8 Å². The highest BCUT2D eigenvalue weighted by molar-refractivity contribution is 6.48. The highest BCUT2D eigenvalue weighted by Gasteiger charge is 2.52. The van der Waals surface area contributed by atoms with E-state index in [9.17, 15) is 4.79 Å². The van der Waals surface area contributed by atoms with Gasteiger partial charge in [0.25, 0.3) is 0 Å². The second-order valence-electron chi connectivity index (χ2n) is 3.19. The number of hydrogen-bond acceptors (Lipinski definition) is 3. The maximum absolute atomic E-state index is 11.2. The number of terminal acetylenes is 1. The molecule has 3 nitrogen and oxygen atoms in total. The van der Waals surface area contributed by atoms with E-state index in [-0.39, 0.29) is 5.78 Å². The van der Waals surface area contributed by atoms with Crippen molar-refractivity contribution in [3.63, 3.8) is 0 Å². The summed E-state index contributed by atoms with van der Waals surface area (Å²) in [7, 11) is 0. The van der Waals surface area contributed by atoms with E-state index < -0.39 is 0 Å². The molecule has 0 radical (unpaired) electrons. The molecule has 0 aromatic carbocycles. The lowest BCUT2D eigenvalue weighted by molar-refractivity contribution is -0.125. The number of nitrogens with zero attached hydrogens (tertiary/aromatic N) is 1. The Morgan fingerprint density at radius 2 is 2.33 bits per heavy atom. The van der Waals surface area contributed by atoms with Gasteiger partial charge in [-0.05, 0) is 12.8 Å². The summed E-state index contributed by atoms with van der Waals surface area (Å²) in [6.45, 7) is 0.397. The SMILES string of the molecule is C#CCN/N=C1/C(=O)C2CCC12. The van der Waals surface area contributed by atoms with Crippen LogP contribution in [-0.2, 0) is 4.79 Å². The molecule has 62 valence electrons. The van der Waals surface area contributed by atoms with Crippen LogP contribution in [0.4, 0.5) is 0 Å². The van der Waals surface area contributed by atoms with Gasteiger partial charge < -0.3 is 0 Å². The minimum atomic E-state index is 0.218. The predicted molar refractivity (Wildman–Crippen MR) is 45.5 cm³/mol. The third-order valence-electron chi connectivity index (χ3n) is 2.60. The van der Waals surface area contributed by atoms with E-state index in [4.69, 9.17) is 6.42 Å². The lowest BCUT2D eigenvalue weighted by Crippen LogP contribution is -2.55. The van der Waals surface area contributed by atoms with E-state index in [0.29, 0.717) is 24.1 Å². The molecular formula is C9H10N2O. The molecule has 2 atom stereocenters. The van der Waals surface area contributed by atoms with E-state index in [0.717, 1.165) is 12.8 Å². The normalized spacial score (nSPS) is 34.6. The Hall–Kier alpha value is -1.30. The van der Waals surface area contributed by atoms with Crippen molar-refractivity contribution in [1.29, 1.82) is 0 Å². The molecule has 0 aromatic rings. The van der Waals surface area contributed by atoms with E-state index in [1.54, 1.807) is 0 Å². The maximum Gasteiger partial charge on any atom is 0.182 e. The van der Waals surface area contributed by atoms with Gasteiger partial charge in [0.2, 0.25) is 0 Å². The van der Waals surface area contributed by atoms with Crippen LogP contribution in [0.2, 0.25) is 0 Å². The van der Waals surface area contributed by atoms with Crippen molar-refractivity contribution in [3.05, 3.63) is 0 Å². The highest BCUT2D eigenvalue weighted by atomic mass is 16.1. The summed E-state index contributed by atoms with van der Waals surface area (Å²) in [5.41, 5.74) is 3.39. The first-order chi connectivity index (χ1) is 5.84. The van der Waals surface area contributed by atoms with Gasteiger partial charge in [-0.2, -0.15) is 5.10 Å². The summed E-state index contributed by atoms with van der Waals surface area (Å²) in [4.78, 5) is 11.2.